The zero-order valence-electron chi connectivity index (χ0n) is 9.07. The molecule has 0 radical (unpaired) electrons. The summed E-state index contributed by atoms with van der Waals surface area (Å²) in [6.07, 6.45) is -0.369. The molecule has 0 bridgehead atoms. The van der Waals surface area contributed by atoms with Crippen LogP contribution in [0.1, 0.15) is 12.0 Å². The topological polar surface area (TPSA) is 92.1 Å². The van der Waals surface area contributed by atoms with Crippen molar-refractivity contribution >= 4 is 11.8 Å². The van der Waals surface area contributed by atoms with E-state index >= 15 is 0 Å². The molecule has 0 atom stereocenters. The van der Waals surface area contributed by atoms with Gasteiger partial charge in [0.25, 0.3) is 0 Å². The lowest BCUT2D eigenvalue weighted by Crippen LogP contribution is -2.13. The molecule has 17 heavy (non-hydrogen) atoms. The van der Waals surface area contributed by atoms with Gasteiger partial charge in [0.2, 0.25) is 0 Å². The van der Waals surface area contributed by atoms with Crippen molar-refractivity contribution in [1.29, 1.82) is 0 Å². The molecule has 0 N–H and O–H groups in total. The van der Waals surface area contributed by atoms with Crippen molar-refractivity contribution in [2.45, 2.75) is 13.0 Å². The molecule has 0 aliphatic carbocycles. The lowest BCUT2D eigenvalue weighted by Gasteiger charge is -2.03. The average Bonchev–Trinajstić information content (AvgIpc) is 2.35. The number of Topliss-reactive ketones (excluding diaryl/α,β-unsaturated/α-hetero) is 1. The zero-order chi connectivity index (χ0) is 12.5. The Bertz CT molecular complexity index is 439. The van der Waals surface area contributed by atoms with Crippen molar-refractivity contribution in [2.24, 2.45) is 5.11 Å². The Morgan fingerprint density at radius 3 is 2.65 bits per heavy atom. The number of rotatable bonds is 6. The summed E-state index contributed by atoms with van der Waals surface area (Å²) in [5.41, 5.74) is 8.84. The third-order valence-electron chi connectivity index (χ3n) is 1.89. The van der Waals surface area contributed by atoms with Gasteiger partial charge in [0.05, 0.1) is 6.54 Å². The zero-order valence-corrected chi connectivity index (χ0v) is 9.07. The number of benzene rings is 1. The molecule has 6 nitrogen and oxygen atoms in total. The SMILES string of the molecule is [N-]=[N+]=NCC(=O)CC(=O)OCc1ccccc1. The first kappa shape index (κ1) is 12.7. The Balaban J connectivity index is 2.30. The summed E-state index contributed by atoms with van der Waals surface area (Å²) < 4.78 is 4.88. The monoisotopic (exact) mass is 233 g/mol. The molecule has 0 spiro atoms. The smallest absolute Gasteiger partial charge is 0.313 e. The maximum Gasteiger partial charge on any atom is 0.313 e. The first-order chi connectivity index (χ1) is 8.22. The van der Waals surface area contributed by atoms with E-state index in [9.17, 15) is 9.59 Å². The van der Waals surface area contributed by atoms with Crippen LogP contribution in [0.5, 0.6) is 0 Å². The summed E-state index contributed by atoms with van der Waals surface area (Å²) in [6.45, 7) is -0.189. The second kappa shape index (κ2) is 7.03. The van der Waals surface area contributed by atoms with E-state index in [4.69, 9.17) is 10.3 Å². The lowest BCUT2D eigenvalue weighted by atomic mass is 10.2. The van der Waals surface area contributed by atoms with Crippen molar-refractivity contribution in [3.63, 3.8) is 0 Å². The van der Waals surface area contributed by atoms with Gasteiger partial charge in [0.1, 0.15) is 18.8 Å². The minimum absolute atomic E-state index is 0.133. The maximum absolute atomic E-state index is 11.2. The van der Waals surface area contributed by atoms with Gasteiger partial charge in [-0.3, -0.25) is 9.59 Å². The fraction of sp³-hybridized carbons (Fsp3) is 0.273. The highest BCUT2D eigenvalue weighted by Gasteiger charge is 2.09. The lowest BCUT2D eigenvalue weighted by molar-refractivity contribution is -0.147. The van der Waals surface area contributed by atoms with Gasteiger partial charge in [-0.25, -0.2) is 0 Å². The van der Waals surface area contributed by atoms with Crippen LogP contribution < -0.4 is 0 Å². The van der Waals surface area contributed by atoms with Gasteiger partial charge in [0, 0.05) is 4.91 Å². The molecular weight excluding hydrogens is 222 g/mol. The van der Waals surface area contributed by atoms with E-state index in [0.717, 1.165) is 5.56 Å². The van der Waals surface area contributed by atoms with Crippen LogP contribution in [0.15, 0.2) is 35.4 Å². The number of nitrogens with zero attached hydrogens (tertiary/aromatic N) is 3. The molecule has 1 aromatic rings. The van der Waals surface area contributed by atoms with Crippen molar-refractivity contribution < 1.29 is 14.3 Å². The number of esters is 1. The number of carbonyl (C=O) groups is 2. The van der Waals surface area contributed by atoms with E-state index in [0.29, 0.717) is 0 Å². The molecular formula is C11H11N3O3. The van der Waals surface area contributed by atoms with Crippen molar-refractivity contribution in [1.82, 2.24) is 0 Å². The molecule has 0 fully saturated rings. The largest absolute Gasteiger partial charge is 0.460 e. The standard InChI is InChI=1S/C11H11N3O3/c12-14-13-7-10(15)6-11(16)17-8-9-4-2-1-3-5-9/h1-5H,6-8H2. The Morgan fingerprint density at radius 1 is 1.29 bits per heavy atom. The Labute approximate surface area is 97.8 Å². The number of ketones is 1. The van der Waals surface area contributed by atoms with E-state index in [2.05, 4.69) is 10.0 Å². The highest BCUT2D eigenvalue weighted by Crippen LogP contribution is 2.01. The minimum atomic E-state index is -0.619. The highest BCUT2D eigenvalue weighted by molar-refractivity contribution is 5.96. The van der Waals surface area contributed by atoms with Gasteiger partial charge in [-0.2, -0.15) is 0 Å². The van der Waals surface area contributed by atoms with Crippen LogP contribution in [-0.2, 0) is 20.9 Å². The molecule has 0 aliphatic rings. The van der Waals surface area contributed by atoms with Crippen LogP contribution in [0.3, 0.4) is 0 Å². The fourth-order valence-corrected chi connectivity index (χ4v) is 1.12. The predicted octanol–water partition coefficient (Wildman–Crippen LogP) is 2.00. The van der Waals surface area contributed by atoms with Gasteiger partial charge in [-0.05, 0) is 11.1 Å². The van der Waals surface area contributed by atoms with Crippen LogP contribution >= 0.6 is 0 Å². The summed E-state index contributed by atoms with van der Waals surface area (Å²) in [5, 5.41) is 3.07. The third kappa shape index (κ3) is 5.34. The first-order valence-electron chi connectivity index (χ1n) is 4.94. The summed E-state index contributed by atoms with van der Waals surface area (Å²) in [7, 11) is 0. The van der Waals surface area contributed by atoms with Crippen molar-refractivity contribution in [2.75, 3.05) is 6.54 Å². The quantitative estimate of drug-likeness (QED) is 0.247. The molecule has 0 heterocycles. The highest BCUT2D eigenvalue weighted by atomic mass is 16.5. The van der Waals surface area contributed by atoms with E-state index in [1.165, 1.54) is 0 Å². The minimum Gasteiger partial charge on any atom is -0.460 e. The van der Waals surface area contributed by atoms with Crippen LogP contribution in [0, 0.1) is 0 Å². The van der Waals surface area contributed by atoms with E-state index in [1.807, 2.05) is 30.3 Å². The Kier molecular flexibility index (Phi) is 5.27. The summed E-state index contributed by atoms with van der Waals surface area (Å²) in [6, 6.07) is 9.14. The molecule has 1 rings (SSSR count). The van der Waals surface area contributed by atoms with Gasteiger partial charge in [-0.1, -0.05) is 35.4 Å². The van der Waals surface area contributed by atoms with Crippen molar-refractivity contribution in [3.05, 3.63) is 46.3 Å². The maximum atomic E-state index is 11.2. The number of hydrogen-bond donors (Lipinski definition) is 0. The molecule has 0 saturated carbocycles. The molecule has 0 unspecified atom stereocenters. The Morgan fingerprint density at radius 2 is 2.00 bits per heavy atom. The molecule has 0 amide bonds. The fourth-order valence-electron chi connectivity index (χ4n) is 1.12. The molecule has 6 heteroatoms. The Hall–Kier alpha value is -2.33. The van der Waals surface area contributed by atoms with E-state index in [1.54, 1.807) is 0 Å². The predicted molar refractivity (Wildman–Crippen MR) is 59.9 cm³/mol. The number of azide groups is 1. The molecule has 88 valence electrons. The second-order valence-electron chi connectivity index (χ2n) is 3.25. The van der Waals surface area contributed by atoms with Gasteiger partial charge in [-0.15, -0.1) is 0 Å². The normalized spacial score (nSPS) is 9.18. The first-order valence-corrected chi connectivity index (χ1v) is 4.94. The summed E-state index contributed by atoms with van der Waals surface area (Å²) in [5.74, 6) is -1.08. The van der Waals surface area contributed by atoms with E-state index in [-0.39, 0.29) is 19.6 Å². The molecule has 0 aromatic heterocycles. The van der Waals surface area contributed by atoms with Gasteiger partial charge in [0.15, 0.2) is 0 Å². The third-order valence-corrected chi connectivity index (χ3v) is 1.89. The molecule has 0 saturated heterocycles. The van der Waals surface area contributed by atoms with Gasteiger partial charge < -0.3 is 4.74 Å². The number of carbonyl (C=O) groups excluding carboxylic acids is 2. The summed E-state index contributed by atoms with van der Waals surface area (Å²) in [4.78, 5) is 24.7. The van der Waals surface area contributed by atoms with Crippen LogP contribution in [-0.4, -0.2) is 18.3 Å². The average molecular weight is 233 g/mol. The van der Waals surface area contributed by atoms with E-state index < -0.39 is 11.8 Å². The van der Waals surface area contributed by atoms with Crippen LogP contribution in [0.25, 0.3) is 10.4 Å². The molecule has 0 aliphatic heterocycles. The molecule has 1 aromatic carbocycles. The van der Waals surface area contributed by atoms with Gasteiger partial charge >= 0.3 is 5.97 Å². The number of hydrogen-bond acceptors (Lipinski definition) is 4. The second-order valence-corrected chi connectivity index (χ2v) is 3.25. The van der Waals surface area contributed by atoms with Crippen molar-refractivity contribution in [3.8, 4) is 0 Å². The summed E-state index contributed by atoms with van der Waals surface area (Å²) >= 11 is 0. The van der Waals surface area contributed by atoms with Crippen LogP contribution in [0.2, 0.25) is 0 Å². The number of ether oxygens (including phenoxy) is 1. The van der Waals surface area contributed by atoms with Crippen LogP contribution in [0.4, 0.5) is 0 Å².